The molecule has 0 bridgehead atoms. The van der Waals surface area contributed by atoms with Gasteiger partial charge < -0.3 is 0 Å². The van der Waals surface area contributed by atoms with E-state index in [-0.39, 0.29) is 71.2 Å². The van der Waals surface area contributed by atoms with Gasteiger partial charge in [-0.05, 0) is 0 Å². The first kappa shape index (κ1) is 33.6. The Morgan fingerprint density at radius 2 is 1.00 bits per heavy atom. The van der Waals surface area contributed by atoms with Crippen LogP contribution in [0.4, 0.5) is 0 Å². The van der Waals surface area contributed by atoms with Crippen LogP contribution in [-0.2, 0) is 9.59 Å². The summed E-state index contributed by atoms with van der Waals surface area (Å²) < 4.78 is 0. The van der Waals surface area contributed by atoms with Gasteiger partial charge in [-0.1, -0.05) is 0 Å². The molecular weight excluding hydrogens is 167 g/mol. The molecule has 52 valence electrons. The Morgan fingerprint density at radius 3 is 1.00 bits per heavy atom. The first-order valence-corrected chi connectivity index (χ1v) is 0.775. The molecule has 0 spiro atoms. The van der Waals surface area contributed by atoms with E-state index < -0.39 is 0 Å². The van der Waals surface area contributed by atoms with Crippen LogP contribution in [0.15, 0.2) is 0 Å². The zero-order valence-corrected chi connectivity index (χ0v) is 10.3. The largest absolute Gasteiger partial charge is 0 e. The number of hydrogen-bond acceptors (Lipinski definition) is 6. The van der Waals surface area contributed by atoms with Crippen LogP contribution in [0.5, 0.6) is 0 Å². The van der Waals surface area contributed by atoms with Gasteiger partial charge in [-0.2, -0.15) is 9.59 Å². The van der Waals surface area contributed by atoms with Gasteiger partial charge in [0.2, 0.25) is 0 Å². The van der Waals surface area contributed by atoms with E-state index in [0.29, 0.717) is 0 Å². The van der Waals surface area contributed by atoms with Crippen LogP contribution in [0.1, 0.15) is 0 Å². The summed E-state index contributed by atoms with van der Waals surface area (Å²) in [5, 5.41) is 12.0. The van der Waals surface area contributed by atoms with E-state index in [0.717, 1.165) is 0 Å². The van der Waals surface area contributed by atoms with Gasteiger partial charge in [-0.25, -0.2) is 0 Å². The molecule has 0 rings (SSSR count). The Labute approximate surface area is 100 Å². The van der Waals surface area contributed by atoms with Crippen molar-refractivity contribution in [1.82, 2.24) is 0 Å². The Hall–Kier alpha value is 0.582. The first-order chi connectivity index (χ1) is 3.41. The molecule has 0 aliphatic carbocycles. The predicted octanol–water partition coefficient (Wildman–Crippen LogP) is -1.40. The van der Waals surface area contributed by atoms with Crippen molar-refractivity contribution in [2.45, 2.75) is 0 Å². The van der Waals surface area contributed by atoms with Gasteiger partial charge in [0.1, 0.15) is 0 Å². The normalized spacial score (nSPS) is 1.56. The number of carbonyl (C=O) groups excluding carboxylic acids is 2. The van der Waals surface area contributed by atoms with E-state index in [1.165, 1.54) is 0 Å². The molecule has 0 unspecified atom stereocenters. The Balaban J connectivity index is -0.00000000825. The molecule has 2 radical (unpaired) electrons. The van der Waals surface area contributed by atoms with Crippen LogP contribution in [0, 0.1) is 58.5 Å². The smallest absolute Gasteiger partial charge is 0 e. The quantitative estimate of drug-likeness (QED) is 0.325. The molecule has 0 aliphatic heterocycles. The third kappa shape index (κ3) is 1100. The van der Waals surface area contributed by atoms with Crippen molar-refractivity contribution in [3.8, 4) is 0 Å². The average molecular weight is 169 g/mol. The van der Waals surface area contributed by atoms with Gasteiger partial charge in [-0.15, -0.1) is 0 Å². The first-order valence-electron chi connectivity index (χ1n) is 0.775. The van der Waals surface area contributed by atoms with Crippen molar-refractivity contribution in [1.29, 1.82) is 10.8 Å². The van der Waals surface area contributed by atoms with Gasteiger partial charge in [0, 0.05) is 58.5 Å². The van der Waals surface area contributed by atoms with Gasteiger partial charge in [0.25, 0.3) is 0 Å². The molecule has 0 saturated carbocycles. The summed E-state index contributed by atoms with van der Waals surface area (Å²) in [4.78, 5) is 30.2. The number of nitrogens with zero attached hydrogens (tertiary/aromatic N) is 2. The van der Waals surface area contributed by atoms with Gasteiger partial charge in [0.05, 0.1) is 0 Å². The molecule has 0 saturated heterocycles. The molecule has 9 heavy (non-hydrogen) atoms. The maximum absolute atomic E-state index is 8.12. The summed E-state index contributed by atoms with van der Waals surface area (Å²) in [5.74, 6) is 0. The fourth-order valence-corrected chi connectivity index (χ4v) is 0. The van der Waals surface area contributed by atoms with E-state index in [1.54, 1.807) is 0 Å². The van der Waals surface area contributed by atoms with E-state index in [4.69, 9.17) is 30.3 Å². The topological polar surface area (TPSA) is 116 Å². The predicted molar refractivity (Wildman–Crippen MR) is 23.7 cm³/mol. The summed E-state index contributed by atoms with van der Waals surface area (Å²) in [6.07, 6.45) is 0.250. The van der Waals surface area contributed by atoms with E-state index in [9.17, 15) is 0 Å². The fraction of sp³-hybridized carbons (Fsp3) is 0. The molecule has 0 aromatic heterocycles. The van der Waals surface area contributed by atoms with Crippen molar-refractivity contribution in [2.75, 3.05) is 0 Å². The summed E-state index contributed by atoms with van der Waals surface area (Å²) in [5.41, 5.74) is 0. The third-order valence-electron chi connectivity index (χ3n) is 0. The molecule has 8 heteroatoms. The van der Waals surface area contributed by atoms with Crippen molar-refractivity contribution in [3.05, 3.63) is 9.93 Å². The van der Waals surface area contributed by atoms with Crippen LogP contribution in [0.2, 0.25) is 0 Å². The van der Waals surface area contributed by atoms with Crippen LogP contribution in [-0.4, -0.2) is 33.5 Å². The molecule has 0 aromatic carbocycles. The molecule has 0 aliphatic rings. The van der Waals surface area contributed by atoms with E-state index in [2.05, 4.69) is 0 Å². The molecular formula is CH2ArN2O4Pb. The third-order valence-corrected chi connectivity index (χ3v) is 0. The maximum Gasteiger partial charge on any atom is 0 e. The molecule has 0 fully saturated rings. The summed E-state index contributed by atoms with van der Waals surface area (Å²) in [7, 11) is 0. The zero-order chi connectivity index (χ0) is 6.71. The van der Waals surface area contributed by atoms with Crippen molar-refractivity contribution in [2.24, 2.45) is 0 Å². The van der Waals surface area contributed by atoms with Crippen LogP contribution < -0.4 is 0 Å². The SMILES string of the molecule is N#N.O=C=O.O=O.[23PbH2].[Ar]. The second-order valence-corrected chi connectivity index (χ2v) is 0.0833. The van der Waals surface area contributed by atoms with Crippen molar-refractivity contribution < 1.29 is 47.3 Å². The van der Waals surface area contributed by atoms with E-state index in [1.807, 2.05) is 0 Å². The standard InChI is InChI=1S/CO2.Ar.N2.O2.Pb.2H/c2-1-3;;2*1-2;;;/i;;;;1-118;;. The Morgan fingerprint density at radius 1 is 1.00 bits per heavy atom. The van der Waals surface area contributed by atoms with Crippen molar-refractivity contribution >= 4 is 33.5 Å². The van der Waals surface area contributed by atoms with Crippen LogP contribution in [0.25, 0.3) is 0 Å². The summed E-state index contributed by atoms with van der Waals surface area (Å²) in [6.45, 7) is 0. The maximum atomic E-state index is 8.12. The molecule has 0 atom stereocenters. The van der Waals surface area contributed by atoms with Gasteiger partial charge in [-0.3, -0.25) is 0 Å². The molecule has 0 amide bonds. The Kier molecular flexibility index (Phi) is 736. The second-order valence-electron chi connectivity index (χ2n) is 0.0833. The van der Waals surface area contributed by atoms with E-state index >= 15 is 0 Å². The monoisotopic (exact) mass is 169 g/mol. The van der Waals surface area contributed by atoms with Gasteiger partial charge in [0.15, 0.2) is 0 Å². The molecule has 0 heterocycles. The summed E-state index contributed by atoms with van der Waals surface area (Å²) >= 11 is 0. The van der Waals surface area contributed by atoms with Gasteiger partial charge >= 0.3 is 33.5 Å². The molecule has 0 aromatic rings. The number of hydrogen-bond donors (Lipinski definition) is 0. The summed E-state index contributed by atoms with van der Waals surface area (Å²) in [6, 6.07) is 0. The minimum atomic E-state index is 0. The molecule has 0 N–H and O–H groups in total. The minimum absolute atomic E-state index is 0. The zero-order valence-electron chi connectivity index (χ0n) is 4.09. The Bertz CT molecular complexity index is 70.2. The fourth-order valence-electron chi connectivity index (χ4n) is 0. The molecule has 6 nitrogen and oxygen atoms in total. The van der Waals surface area contributed by atoms with Crippen molar-refractivity contribution in [3.63, 3.8) is 0 Å². The average Bonchev–Trinajstić information content (AvgIpc) is 1.78. The van der Waals surface area contributed by atoms with Crippen LogP contribution in [0.3, 0.4) is 0 Å². The minimum Gasteiger partial charge on any atom is 0 e. The van der Waals surface area contributed by atoms with Crippen LogP contribution >= 0.6 is 0 Å². The second kappa shape index (κ2) is 197. The number of rotatable bonds is 0.